The largest absolute Gasteiger partial charge is 0.450 e. The highest BCUT2D eigenvalue weighted by Crippen LogP contribution is 2.19. The first kappa shape index (κ1) is 15.6. The predicted molar refractivity (Wildman–Crippen MR) is 58.4 cm³/mol. The molecule has 0 aromatic rings. The van der Waals surface area contributed by atoms with Gasteiger partial charge in [-0.2, -0.15) is 13.2 Å². The van der Waals surface area contributed by atoms with E-state index in [1.165, 1.54) is 19.1 Å². The Morgan fingerprint density at radius 1 is 1.24 bits per heavy atom. The summed E-state index contributed by atoms with van der Waals surface area (Å²) < 4.78 is 35.9. The van der Waals surface area contributed by atoms with Gasteiger partial charge >= 0.3 is 6.18 Å². The van der Waals surface area contributed by atoms with Gasteiger partial charge in [0.25, 0.3) is 0 Å². The van der Waals surface area contributed by atoms with E-state index in [0.29, 0.717) is 0 Å². The van der Waals surface area contributed by atoms with Crippen molar-refractivity contribution in [2.24, 2.45) is 5.92 Å². The molecule has 5 heteroatoms. The lowest BCUT2D eigenvalue weighted by atomic mass is 10.0. The topological polar surface area (TPSA) is 34.1 Å². The number of carbonyl (C=O) groups is 2. The maximum atomic E-state index is 12.0. The van der Waals surface area contributed by atoms with E-state index in [1.807, 2.05) is 13.8 Å². The number of hydrogen-bond donors (Lipinski definition) is 0. The molecule has 0 saturated heterocycles. The first-order valence-corrected chi connectivity index (χ1v) is 5.16. The van der Waals surface area contributed by atoms with E-state index in [9.17, 15) is 22.8 Å². The van der Waals surface area contributed by atoms with E-state index < -0.39 is 24.2 Å². The standard InChI is InChI=1S/C12H15F3O2/c1-4-9(6-5-8(2)3)10(16)7-11(17)12(13,14)15/h4-6,8H,7H2,1-3H3/b6-5-,9-4+. The molecule has 0 N–H and O–H groups in total. The summed E-state index contributed by atoms with van der Waals surface area (Å²) in [6.07, 6.45) is -1.56. The minimum Gasteiger partial charge on any atom is -0.294 e. The number of alkyl halides is 3. The molecule has 0 aromatic carbocycles. The summed E-state index contributed by atoms with van der Waals surface area (Å²) in [5, 5.41) is 0. The van der Waals surface area contributed by atoms with Gasteiger partial charge in [0.05, 0.1) is 6.42 Å². The van der Waals surface area contributed by atoms with E-state index in [4.69, 9.17) is 0 Å². The van der Waals surface area contributed by atoms with Crippen LogP contribution in [0.1, 0.15) is 27.2 Å². The Balaban J connectivity index is 4.65. The van der Waals surface area contributed by atoms with E-state index in [1.54, 1.807) is 6.08 Å². The fourth-order valence-corrected chi connectivity index (χ4v) is 0.994. The second-order valence-corrected chi connectivity index (χ2v) is 3.87. The highest BCUT2D eigenvalue weighted by atomic mass is 19.4. The second-order valence-electron chi connectivity index (χ2n) is 3.87. The average Bonchev–Trinajstić information content (AvgIpc) is 2.16. The van der Waals surface area contributed by atoms with Crippen molar-refractivity contribution < 1.29 is 22.8 Å². The van der Waals surface area contributed by atoms with Gasteiger partial charge in [0.2, 0.25) is 5.78 Å². The van der Waals surface area contributed by atoms with Crippen LogP contribution in [0.2, 0.25) is 0 Å². The number of allylic oxidation sites excluding steroid dienone is 4. The predicted octanol–water partition coefficient (Wildman–Crippen LogP) is 3.24. The molecule has 0 fully saturated rings. The Morgan fingerprint density at radius 2 is 1.76 bits per heavy atom. The number of carbonyl (C=O) groups excluding carboxylic acids is 2. The van der Waals surface area contributed by atoms with Gasteiger partial charge in [0.1, 0.15) is 0 Å². The molecule has 0 aliphatic rings. The normalized spacial score (nSPS) is 13.5. The average molecular weight is 248 g/mol. The van der Waals surface area contributed by atoms with Crippen molar-refractivity contribution in [1.82, 2.24) is 0 Å². The van der Waals surface area contributed by atoms with E-state index >= 15 is 0 Å². The fraction of sp³-hybridized carbons (Fsp3) is 0.500. The van der Waals surface area contributed by atoms with Crippen LogP contribution < -0.4 is 0 Å². The Bertz CT molecular complexity index is 349. The van der Waals surface area contributed by atoms with Gasteiger partial charge in [-0.1, -0.05) is 32.1 Å². The van der Waals surface area contributed by atoms with Crippen LogP contribution in [0.3, 0.4) is 0 Å². The van der Waals surface area contributed by atoms with Gasteiger partial charge in [-0.3, -0.25) is 9.59 Å². The summed E-state index contributed by atoms with van der Waals surface area (Å²) in [5.74, 6) is -2.65. The fourth-order valence-electron chi connectivity index (χ4n) is 0.994. The van der Waals surface area contributed by atoms with Gasteiger partial charge in [0, 0.05) is 5.57 Å². The van der Waals surface area contributed by atoms with Crippen molar-refractivity contribution in [3.05, 3.63) is 23.8 Å². The molecule has 0 spiro atoms. The molecule has 0 aliphatic heterocycles. The number of rotatable bonds is 5. The van der Waals surface area contributed by atoms with Crippen molar-refractivity contribution >= 4 is 11.6 Å². The van der Waals surface area contributed by atoms with Crippen LogP contribution in [-0.4, -0.2) is 17.7 Å². The molecular formula is C12H15F3O2. The quantitative estimate of drug-likeness (QED) is 0.425. The Kier molecular flexibility index (Phi) is 5.85. The molecule has 0 aromatic heterocycles. The maximum absolute atomic E-state index is 12.0. The number of hydrogen-bond acceptors (Lipinski definition) is 2. The molecule has 0 heterocycles. The Labute approximate surface area is 98.2 Å². The number of Topliss-reactive ketones (excluding diaryl/α,β-unsaturated/α-hetero) is 2. The van der Waals surface area contributed by atoms with Gasteiger partial charge < -0.3 is 0 Å². The third-order valence-electron chi connectivity index (χ3n) is 1.93. The summed E-state index contributed by atoms with van der Waals surface area (Å²) in [7, 11) is 0. The highest BCUT2D eigenvalue weighted by molar-refractivity contribution is 6.10. The van der Waals surface area contributed by atoms with Crippen LogP contribution in [0.15, 0.2) is 23.8 Å². The van der Waals surface area contributed by atoms with Crippen molar-refractivity contribution in [3.8, 4) is 0 Å². The third-order valence-corrected chi connectivity index (χ3v) is 1.93. The van der Waals surface area contributed by atoms with Crippen LogP contribution in [0, 0.1) is 5.92 Å². The second kappa shape index (κ2) is 6.37. The van der Waals surface area contributed by atoms with Crippen molar-refractivity contribution in [3.63, 3.8) is 0 Å². The Morgan fingerprint density at radius 3 is 2.12 bits per heavy atom. The lowest BCUT2D eigenvalue weighted by Crippen LogP contribution is -2.25. The molecule has 0 saturated carbocycles. The molecule has 0 atom stereocenters. The maximum Gasteiger partial charge on any atom is 0.450 e. The summed E-state index contributed by atoms with van der Waals surface area (Å²) in [5.41, 5.74) is 0.122. The van der Waals surface area contributed by atoms with Crippen molar-refractivity contribution in [1.29, 1.82) is 0 Å². The van der Waals surface area contributed by atoms with Crippen LogP contribution >= 0.6 is 0 Å². The lowest BCUT2D eigenvalue weighted by Gasteiger charge is -2.05. The number of halogens is 3. The molecule has 0 unspecified atom stereocenters. The monoisotopic (exact) mass is 248 g/mol. The van der Waals surface area contributed by atoms with Gasteiger partial charge in [0.15, 0.2) is 5.78 Å². The molecule has 17 heavy (non-hydrogen) atoms. The van der Waals surface area contributed by atoms with Crippen LogP contribution in [0.5, 0.6) is 0 Å². The zero-order valence-electron chi connectivity index (χ0n) is 9.97. The van der Waals surface area contributed by atoms with Crippen LogP contribution in [0.25, 0.3) is 0 Å². The molecule has 0 rings (SSSR count). The third kappa shape index (κ3) is 6.04. The molecule has 0 radical (unpaired) electrons. The minimum atomic E-state index is -4.95. The Hall–Kier alpha value is -1.39. The molecule has 0 aliphatic carbocycles. The molecule has 0 amide bonds. The minimum absolute atomic E-state index is 0.122. The smallest absolute Gasteiger partial charge is 0.294 e. The zero-order valence-corrected chi connectivity index (χ0v) is 9.97. The zero-order chi connectivity index (χ0) is 13.6. The van der Waals surface area contributed by atoms with Gasteiger partial charge in [-0.05, 0) is 12.8 Å². The summed E-state index contributed by atoms with van der Waals surface area (Å²) in [6.45, 7) is 5.28. The van der Waals surface area contributed by atoms with Gasteiger partial charge in [-0.25, -0.2) is 0 Å². The van der Waals surface area contributed by atoms with E-state index in [-0.39, 0.29) is 11.5 Å². The molecule has 2 nitrogen and oxygen atoms in total. The van der Waals surface area contributed by atoms with Crippen LogP contribution in [-0.2, 0) is 9.59 Å². The van der Waals surface area contributed by atoms with E-state index in [2.05, 4.69) is 0 Å². The van der Waals surface area contributed by atoms with E-state index in [0.717, 1.165) is 0 Å². The van der Waals surface area contributed by atoms with Gasteiger partial charge in [-0.15, -0.1) is 0 Å². The summed E-state index contributed by atoms with van der Waals surface area (Å²) in [6, 6.07) is 0. The molecule has 96 valence electrons. The molecular weight excluding hydrogens is 233 g/mol. The summed E-state index contributed by atoms with van der Waals surface area (Å²) >= 11 is 0. The van der Waals surface area contributed by atoms with Crippen molar-refractivity contribution in [2.45, 2.75) is 33.4 Å². The lowest BCUT2D eigenvalue weighted by molar-refractivity contribution is -0.171. The molecule has 0 bridgehead atoms. The first-order chi connectivity index (χ1) is 7.68. The highest BCUT2D eigenvalue weighted by Gasteiger charge is 2.39. The first-order valence-electron chi connectivity index (χ1n) is 5.16. The summed E-state index contributed by atoms with van der Waals surface area (Å²) in [4.78, 5) is 22.0. The number of ketones is 2. The van der Waals surface area contributed by atoms with Crippen LogP contribution in [0.4, 0.5) is 13.2 Å². The van der Waals surface area contributed by atoms with Crippen molar-refractivity contribution in [2.75, 3.05) is 0 Å². The SMILES string of the molecule is C/C=C(\C=C/C(C)C)C(=O)CC(=O)C(F)(F)F.